The van der Waals surface area contributed by atoms with Gasteiger partial charge >= 0.3 is 0 Å². The minimum Gasteiger partial charge on any atom is -0.506 e. The predicted octanol–water partition coefficient (Wildman–Crippen LogP) is 10.3. The van der Waals surface area contributed by atoms with Crippen LogP contribution in [0.1, 0.15) is 47.6 Å². The monoisotopic (exact) mass is 595 g/mol. The maximum Gasteiger partial charge on any atom is 0.141 e. The molecule has 7 aromatic rings. The number of phenolic OH excluding ortho intramolecular Hbond substituents is 1. The summed E-state index contributed by atoms with van der Waals surface area (Å²) in [6.07, 6.45) is 1.92. The molecule has 5 aromatic carbocycles. The number of phenols is 1. The van der Waals surface area contributed by atoms with Crippen molar-refractivity contribution in [3.8, 4) is 17.0 Å². The molecule has 222 valence electrons. The van der Waals surface area contributed by atoms with Crippen molar-refractivity contribution < 1.29 is 5.11 Å². The van der Waals surface area contributed by atoms with Crippen LogP contribution in [-0.2, 0) is 5.41 Å². The van der Waals surface area contributed by atoms with Crippen LogP contribution in [0.2, 0.25) is 0 Å². The van der Waals surface area contributed by atoms with Gasteiger partial charge in [0.2, 0.25) is 0 Å². The summed E-state index contributed by atoms with van der Waals surface area (Å²) >= 11 is 0. The summed E-state index contributed by atoms with van der Waals surface area (Å²) in [6, 6.07) is 50.9. The SMILES string of the molecule is CC(C)c1ccnc(N2c3ccccc3C(c3ccccc3)(c3ccccc3)c3ccc(-c4ccc5cccc(O)c5n4)cc32)c1. The zero-order chi connectivity index (χ0) is 31.3. The summed E-state index contributed by atoms with van der Waals surface area (Å²) < 4.78 is 0. The van der Waals surface area contributed by atoms with Crippen molar-refractivity contribution in [3.05, 3.63) is 180 Å². The zero-order valence-electron chi connectivity index (χ0n) is 25.8. The van der Waals surface area contributed by atoms with Crippen LogP contribution in [0, 0.1) is 0 Å². The Morgan fingerprint density at radius 3 is 2.07 bits per heavy atom. The molecular formula is C42H33N3O. The normalized spacial score (nSPS) is 13.4. The van der Waals surface area contributed by atoms with Crippen LogP contribution >= 0.6 is 0 Å². The fourth-order valence-electron chi connectivity index (χ4n) is 7.07. The fraction of sp³-hybridized carbons (Fsp3) is 0.0952. The maximum atomic E-state index is 10.6. The summed E-state index contributed by atoms with van der Waals surface area (Å²) in [7, 11) is 0. The van der Waals surface area contributed by atoms with Gasteiger partial charge in [0.1, 0.15) is 17.1 Å². The second-order valence-corrected chi connectivity index (χ2v) is 12.2. The van der Waals surface area contributed by atoms with Gasteiger partial charge in [-0.1, -0.05) is 123 Å². The number of hydrogen-bond acceptors (Lipinski definition) is 4. The molecule has 1 aliphatic heterocycles. The van der Waals surface area contributed by atoms with Crippen LogP contribution in [0.4, 0.5) is 17.2 Å². The van der Waals surface area contributed by atoms with Crippen LogP contribution in [0.25, 0.3) is 22.2 Å². The molecule has 0 bridgehead atoms. The van der Waals surface area contributed by atoms with Crippen molar-refractivity contribution in [3.63, 3.8) is 0 Å². The van der Waals surface area contributed by atoms with Crippen molar-refractivity contribution in [1.29, 1.82) is 0 Å². The van der Waals surface area contributed by atoms with Crippen molar-refractivity contribution in [2.75, 3.05) is 4.90 Å². The van der Waals surface area contributed by atoms with Gasteiger partial charge in [0.05, 0.1) is 22.5 Å². The standard InChI is InChI=1S/C42H33N3O/c1-28(2)30-24-25-43-40(27-30)45-37-18-10-9-17-34(37)42(32-13-5-3-6-14-32,33-15-7-4-8-16-33)35-22-20-31(26-38(35)45)36-23-21-29-12-11-19-39(46)41(29)44-36/h3-28,46H,1-2H3. The number of pyridine rings is 2. The van der Waals surface area contributed by atoms with Gasteiger partial charge in [0.15, 0.2) is 0 Å². The Kier molecular flexibility index (Phi) is 6.65. The van der Waals surface area contributed by atoms with E-state index >= 15 is 0 Å². The van der Waals surface area contributed by atoms with Crippen LogP contribution < -0.4 is 4.90 Å². The Labute approximate surface area is 269 Å². The molecule has 0 saturated heterocycles. The van der Waals surface area contributed by atoms with E-state index in [0.717, 1.165) is 39.4 Å². The molecule has 3 heterocycles. The van der Waals surface area contributed by atoms with Crippen LogP contribution in [0.5, 0.6) is 5.75 Å². The lowest BCUT2D eigenvalue weighted by atomic mass is 9.62. The summed E-state index contributed by atoms with van der Waals surface area (Å²) in [5.41, 5.74) is 9.85. The smallest absolute Gasteiger partial charge is 0.141 e. The van der Waals surface area contributed by atoms with E-state index in [9.17, 15) is 5.11 Å². The van der Waals surface area contributed by atoms with Crippen molar-refractivity contribution in [2.24, 2.45) is 0 Å². The largest absolute Gasteiger partial charge is 0.506 e. The van der Waals surface area contributed by atoms with Gasteiger partial charge in [-0.25, -0.2) is 9.97 Å². The van der Waals surface area contributed by atoms with Gasteiger partial charge < -0.3 is 5.11 Å². The number of hydrogen-bond donors (Lipinski definition) is 1. The van der Waals surface area contributed by atoms with Crippen LogP contribution in [0.3, 0.4) is 0 Å². The third kappa shape index (κ3) is 4.29. The Bertz CT molecular complexity index is 2170. The molecule has 46 heavy (non-hydrogen) atoms. The number of benzene rings is 5. The van der Waals surface area contributed by atoms with Crippen molar-refractivity contribution >= 4 is 28.1 Å². The van der Waals surface area contributed by atoms with Crippen LogP contribution in [-0.4, -0.2) is 15.1 Å². The third-order valence-electron chi connectivity index (χ3n) is 9.27. The highest BCUT2D eigenvalue weighted by Gasteiger charge is 2.46. The molecule has 1 aliphatic rings. The summed E-state index contributed by atoms with van der Waals surface area (Å²) in [5.74, 6) is 1.40. The lowest BCUT2D eigenvalue weighted by molar-refractivity contribution is 0.480. The van der Waals surface area contributed by atoms with E-state index in [1.165, 1.54) is 22.3 Å². The molecule has 0 fully saturated rings. The lowest BCUT2D eigenvalue weighted by Crippen LogP contribution is -2.38. The average molecular weight is 596 g/mol. The Hall–Kier alpha value is -5.74. The summed E-state index contributed by atoms with van der Waals surface area (Å²) in [6.45, 7) is 4.43. The Morgan fingerprint density at radius 1 is 0.630 bits per heavy atom. The quantitative estimate of drug-likeness (QED) is 0.215. The molecule has 0 amide bonds. The molecule has 4 nitrogen and oxygen atoms in total. The van der Waals surface area contributed by atoms with Gasteiger partial charge in [-0.2, -0.15) is 0 Å². The maximum absolute atomic E-state index is 10.6. The van der Waals surface area contributed by atoms with Gasteiger partial charge in [0, 0.05) is 17.1 Å². The highest BCUT2D eigenvalue weighted by atomic mass is 16.3. The summed E-state index contributed by atoms with van der Waals surface area (Å²) in [4.78, 5) is 12.2. The lowest BCUT2D eigenvalue weighted by Gasteiger charge is -2.46. The first-order chi connectivity index (χ1) is 22.6. The minimum atomic E-state index is -0.589. The first-order valence-corrected chi connectivity index (χ1v) is 15.8. The van der Waals surface area contributed by atoms with Crippen molar-refractivity contribution in [1.82, 2.24) is 9.97 Å². The molecule has 0 radical (unpaired) electrons. The molecule has 0 aliphatic carbocycles. The van der Waals surface area contributed by atoms with Crippen LogP contribution in [0.15, 0.2) is 152 Å². The molecule has 8 rings (SSSR count). The number of anilines is 3. The van der Waals surface area contributed by atoms with Gasteiger partial charge in [-0.15, -0.1) is 0 Å². The molecule has 0 atom stereocenters. The number of nitrogens with zero attached hydrogens (tertiary/aromatic N) is 3. The van der Waals surface area contributed by atoms with Gasteiger partial charge in [-0.05, 0) is 70.1 Å². The second-order valence-electron chi connectivity index (χ2n) is 12.2. The van der Waals surface area contributed by atoms with E-state index in [1.54, 1.807) is 6.07 Å². The molecule has 0 unspecified atom stereocenters. The average Bonchev–Trinajstić information content (AvgIpc) is 3.11. The highest BCUT2D eigenvalue weighted by molar-refractivity contribution is 5.91. The Morgan fingerprint density at radius 2 is 1.33 bits per heavy atom. The molecule has 4 heteroatoms. The molecule has 2 aromatic heterocycles. The number of para-hydroxylation sites is 2. The Balaban J connectivity index is 1.47. The van der Waals surface area contributed by atoms with Gasteiger partial charge in [-0.3, -0.25) is 4.90 Å². The number of aromatic nitrogens is 2. The summed E-state index contributed by atoms with van der Waals surface area (Å²) in [5, 5.41) is 11.5. The third-order valence-corrected chi connectivity index (χ3v) is 9.27. The highest BCUT2D eigenvalue weighted by Crippen LogP contribution is 2.58. The van der Waals surface area contributed by atoms with E-state index in [1.807, 2.05) is 30.5 Å². The molecular weight excluding hydrogens is 562 g/mol. The molecule has 0 saturated carbocycles. The van der Waals surface area contributed by atoms with E-state index in [4.69, 9.17) is 9.97 Å². The fourth-order valence-corrected chi connectivity index (χ4v) is 7.07. The van der Waals surface area contributed by atoms with E-state index in [-0.39, 0.29) is 5.75 Å². The van der Waals surface area contributed by atoms with E-state index in [2.05, 4.69) is 134 Å². The van der Waals surface area contributed by atoms with E-state index in [0.29, 0.717) is 11.4 Å². The van der Waals surface area contributed by atoms with Crippen molar-refractivity contribution in [2.45, 2.75) is 25.2 Å². The van der Waals surface area contributed by atoms with Gasteiger partial charge in [0.25, 0.3) is 0 Å². The first kappa shape index (κ1) is 27.8. The molecule has 0 spiro atoms. The number of fused-ring (bicyclic) bond motifs is 3. The number of rotatable bonds is 5. The molecule has 1 N–H and O–H groups in total. The van der Waals surface area contributed by atoms with E-state index < -0.39 is 5.41 Å². The minimum absolute atomic E-state index is 0.176. The zero-order valence-corrected chi connectivity index (χ0v) is 25.8. The topological polar surface area (TPSA) is 49.2 Å². The second kappa shape index (κ2) is 11.0. The first-order valence-electron chi connectivity index (χ1n) is 15.8. The predicted molar refractivity (Wildman–Crippen MR) is 187 cm³/mol. The number of aromatic hydroxyl groups is 1.